The molecule has 0 radical (unpaired) electrons. The largest absolute Gasteiger partial charge is 0.321 e. The van der Waals surface area contributed by atoms with Gasteiger partial charge in [0, 0.05) is 6.20 Å². The second-order valence-corrected chi connectivity index (χ2v) is 3.41. The van der Waals surface area contributed by atoms with Crippen molar-refractivity contribution in [3.05, 3.63) is 30.6 Å². The summed E-state index contributed by atoms with van der Waals surface area (Å²) in [6.07, 6.45) is 3.57. The number of hydrogen-bond donors (Lipinski definition) is 1. The normalized spacial score (nSPS) is 11.6. The van der Waals surface area contributed by atoms with Crippen LogP contribution in [0, 0.1) is 0 Å². The van der Waals surface area contributed by atoms with Gasteiger partial charge in [-0.25, -0.2) is 0 Å². The average Bonchev–Trinajstić information content (AvgIpc) is 2.34. The molecule has 0 aliphatic carbocycles. The maximum atomic E-state index is 5.94. The van der Waals surface area contributed by atoms with Gasteiger partial charge < -0.3 is 5.73 Å². The highest BCUT2D eigenvalue weighted by atomic mass is 15.3. The van der Waals surface area contributed by atoms with Crippen molar-refractivity contribution in [2.45, 2.75) is 25.9 Å². The summed E-state index contributed by atoms with van der Waals surface area (Å²) >= 11 is 0. The van der Waals surface area contributed by atoms with Crippen molar-refractivity contribution in [3.8, 4) is 0 Å². The summed E-state index contributed by atoms with van der Waals surface area (Å²) in [6, 6.07) is 1.93. The SMILES string of the molecule is C=CCn1nccc1C(C)(C)N. The van der Waals surface area contributed by atoms with E-state index in [1.165, 1.54) is 0 Å². The predicted octanol–water partition coefficient (Wildman–Crippen LogP) is 1.26. The van der Waals surface area contributed by atoms with E-state index in [2.05, 4.69) is 11.7 Å². The van der Waals surface area contributed by atoms with Gasteiger partial charge in [0.1, 0.15) is 0 Å². The van der Waals surface area contributed by atoms with E-state index in [4.69, 9.17) is 5.73 Å². The average molecular weight is 165 g/mol. The summed E-state index contributed by atoms with van der Waals surface area (Å²) in [5, 5.41) is 4.14. The maximum absolute atomic E-state index is 5.94. The third-order valence-corrected chi connectivity index (χ3v) is 1.68. The van der Waals surface area contributed by atoms with Crippen molar-refractivity contribution in [3.63, 3.8) is 0 Å². The second-order valence-electron chi connectivity index (χ2n) is 3.41. The van der Waals surface area contributed by atoms with Crippen LogP contribution >= 0.6 is 0 Å². The fraction of sp³-hybridized carbons (Fsp3) is 0.444. The molecule has 0 saturated heterocycles. The summed E-state index contributed by atoms with van der Waals surface area (Å²) in [5.74, 6) is 0. The lowest BCUT2D eigenvalue weighted by molar-refractivity contribution is 0.485. The Balaban J connectivity index is 2.99. The minimum Gasteiger partial charge on any atom is -0.321 e. The monoisotopic (exact) mass is 165 g/mol. The van der Waals surface area contributed by atoms with Crippen molar-refractivity contribution in [2.24, 2.45) is 5.73 Å². The molecule has 0 saturated carbocycles. The lowest BCUT2D eigenvalue weighted by Gasteiger charge is -2.19. The molecule has 1 rings (SSSR count). The highest BCUT2D eigenvalue weighted by Crippen LogP contribution is 2.15. The Kier molecular flexibility index (Phi) is 2.33. The van der Waals surface area contributed by atoms with Gasteiger partial charge in [-0.2, -0.15) is 5.10 Å². The molecular weight excluding hydrogens is 150 g/mol. The number of allylic oxidation sites excluding steroid dienone is 1. The van der Waals surface area contributed by atoms with Crippen LogP contribution < -0.4 is 5.73 Å². The number of rotatable bonds is 3. The molecule has 66 valence electrons. The van der Waals surface area contributed by atoms with Crippen LogP contribution in [0.2, 0.25) is 0 Å². The number of aromatic nitrogens is 2. The van der Waals surface area contributed by atoms with Crippen LogP contribution in [0.4, 0.5) is 0 Å². The lowest BCUT2D eigenvalue weighted by Crippen LogP contribution is -2.31. The van der Waals surface area contributed by atoms with E-state index in [0.29, 0.717) is 6.54 Å². The first-order valence-corrected chi connectivity index (χ1v) is 3.98. The van der Waals surface area contributed by atoms with Gasteiger partial charge in [0.2, 0.25) is 0 Å². The van der Waals surface area contributed by atoms with Crippen LogP contribution in [0.3, 0.4) is 0 Å². The summed E-state index contributed by atoms with van der Waals surface area (Å²) in [4.78, 5) is 0. The quantitative estimate of drug-likeness (QED) is 0.685. The zero-order valence-corrected chi connectivity index (χ0v) is 7.62. The standard InChI is InChI=1S/C9H15N3/c1-4-7-12-8(5-6-11-12)9(2,3)10/h4-6H,1,7,10H2,2-3H3. The van der Waals surface area contributed by atoms with Gasteiger partial charge in [-0.1, -0.05) is 6.08 Å². The molecule has 0 fully saturated rings. The molecule has 0 spiro atoms. The molecule has 0 bridgehead atoms. The van der Waals surface area contributed by atoms with E-state index in [0.717, 1.165) is 5.69 Å². The summed E-state index contributed by atoms with van der Waals surface area (Å²) in [5.41, 5.74) is 6.63. The first-order valence-electron chi connectivity index (χ1n) is 3.98. The van der Waals surface area contributed by atoms with Gasteiger partial charge in [-0.15, -0.1) is 6.58 Å². The minimum atomic E-state index is -0.334. The highest BCUT2D eigenvalue weighted by molar-refractivity contribution is 5.11. The predicted molar refractivity (Wildman–Crippen MR) is 49.6 cm³/mol. The van der Waals surface area contributed by atoms with Crippen molar-refractivity contribution in [2.75, 3.05) is 0 Å². The van der Waals surface area contributed by atoms with Gasteiger partial charge in [0.15, 0.2) is 0 Å². The van der Waals surface area contributed by atoms with Crippen molar-refractivity contribution in [1.29, 1.82) is 0 Å². The molecule has 0 amide bonds. The summed E-state index contributed by atoms with van der Waals surface area (Å²) in [7, 11) is 0. The van der Waals surface area contributed by atoms with Crippen LogP contribution in [0.1, 0.15) is 19.5 Å². The maximum Gasteiger partial charge on any atom is 0.0591 e. The van der Waals surface area contributed by atoms with Crippen molar-refractivity contribution >= 4 is 0 Å². The fourth-order valence-electron chi connectivity index (χ4n) is 1.15. The van der Waals surface area contributed by atoms with Crippen LogP contribution in [0.15, 0.2) is 24.9 Å². The van der Waals surface area contributed by atoms with Crippen molar-refractivity contribution < 1.29 is 0 Å². The summed E-state index contributed by atoms with van der Waals surface area (Å²) in [6.45, 7) is 8.29. The van der Waals surface area contributed by atoms with Crippen LogP contribution in [0.5, 0.6) is 0 Å². The van der Waals surface area contributed by atoms with E-state index in [1.807, 2.05) is 30.7 Å². The molecule has 0 atom stereocenters. The Morgan fingerprint density at radius 2 is 2.42 bits per heavy atom. The first kappa shape index (κ1) is 9.00. The molecule has 12 heavy (non-hydrogen) atoms. The van der Waals surface area contributed by atoms with E-state index in [-0.39, 0.29) is 5.54 Å². The molecule has 1 heterocycles. The van der Waals surface area contributed by atoms with E-state index in [9.17, 15) is 0 Å². The second kappa shape index (κ2) is 3.11. The molecule has 1 aromatic heterocycles. The molecule has 2 N–H and O–H groups in total. The molecule has 0 aromatic carbocycles. The third-order valence-electron chi connectivity index (χ3n) is 1.68. The number of nitrogens with zero attached hydrogens (tertiary/aromatic N) is 2. The van der Waals surface area contributed by atoms with Gasteiger partial charge in [-0.05, 0) is 19.9 Å². The van der Waals surface area contributed by atoms with Crippen LogP contribution in [-0.4, -0.2) is 9.78 Å². The Hall–Kier alpha value is -1.09. The van der Waals surface area contributed by atoms with Gasteiger partial charge >= 0.3 is 0 Å². The minimum absolute atomic E-state index is 0.334. The third kappa shape index (κ3) is 1.74. The van der Waals surface area contributed by atoms with Crippen LogP contribution in [0.25, 0.3) is 0 Å². The van der Waals surface area contributed by atoms with E-state index < -0.39 is 0 Å². The van der Waals surface area contributed by atoms with Crippen molar-refractivity contribution in [1.82, 2.24) is 9.78 Å². The molecular formula is C9H15N3. The Labute approximate surface area is 72.9 Å². The Bertz CT molecular complexity index is 268. The molecule has 1 aromatic rings. The topological polar surface area (TPSA) is 43.8 Å². The van der Waals surface area contributed by atoms with E-state index >= 15 is 0 Å². The van der Waals surface area contributed by atoms with Gasteiger partial charge in [0.25, 0.3) is 0 Å². The number of nitrogens with two attached hydrogens (primary N) is 1. The fourth-order valence-corrected chi connectivity index (χ4v) is 1.15. The molecule has 3 heteroatoms. The lowest BCUT2D eigenvalue weighted by atomic mass is 10.0. The first-order chi connectivity index (χ1) is 5.55. The molecule has 3 nitrogen and oxygen atoms in total. The van der Waals surface area contributed by atoms with Gasteiger partial charge in [-0.3, -0.25) is 4.68 Å². The highest BCUT2D eigenvalue weighted by Gasteiger charge is 2.18. The molecule has 0 aliphatic rings. The van der Waals surface area contributed by atoms with Crippen LogP contribution in [-0.2, 0) is 12.1 Å². The molecule has 0 unspecified atom stereocenters. The number of hydrogen-bond acceptors (Lipinski definition) is 2. The molecule has 0 aliphatic heterocycles. The Morgan fingerprint density at radius 3 is 2.92 bits per heavy atom. The zero-order chi connectivity index (χ0) is 9.19. The smallest absolute Gasteiger partial charge is 0.0591 e. The van der Waals surface area contributed by atoms with Gasteiger partial charge in [0.05, 0.1) is 17.8 Å². The zero-order valence-electron chi connectivity index (χ0n) is 7.62. The summed E-state index contributed by atoms with van der Waals surface area (Å²) < 4.78 is 1.85. The Morgan fingerprint density at radius 1 is 1.75 bits per heavy atom. The van der Waals surface area contributed by atoms with E-state index in [1.54, 1.807) is 6.20 Å².